The first-order valence-electron chi connectivity index (χ1n) is 11.4. The Morgan fingerprint density at radius 2 is 1.74 bits per heavy atom. The first-order valence-corrected chi connectivity index (χ1v) is 12.5. The van der Waals surface area contributed by atoms with E-state index < -0.39 is 30.1 Å². The molecule has 3 N–H and O–H groups in total. The second-order valence-corrected chi connectivity index (χ2v) is 9.58. The molecule has 1 fully saturated rings. The first kappa shape index (κ1) is 23.0. The average molecular weight is 492 g/mol. The van der Waals surface area contributed by atoms with Crippen LogP contribution in [0.1, 0.15) is 22.7 Å². The maximum Gasteiger partial charge on any atom is 0.407 e. The molecule has 1 aliphatic carbocycles. The highest BCUT2D eigenvalue weighted by molar-refractivity contribution is 7.99. The molecule has 2 heterocycles. The summed E-state index contributed by atoms with van der Waals surface area (Å²) in [6.07, 6.45) is 1.22. The molecule has 2 aromatic carbocycles. The number of hydrogen-bond acceptors (Lipinski definition) is 5. The van der Waals surface area contributed by atoms with Gasteiger partial charge in [-0.25, -0.2) is 9.59 Å². The van der Waals surface area contributed by atoms with Crippen molar-refractivity contribution in [3.05, 3.63) is 83.7 Å². The van der Waals surface area contributed by atoms with Crippen LogP contribution in [-0.2, 0) is 20.7 Å². The third kappa shape index (κ3) is 4.64. The maximum absolute atomic E-state index is 13.3. The SMILES string of the molecule is O=C(NC(Cc1ccc[nH]1)C(=O)N1CSC[C@H]1C(=O)O)OCC1c2ccccc2-c2ccccc21. The number of aliphatic carboxylic acids is 1. The van der Waals surface area contributed by atoms with Gasteiger partial charge in [0.1, 0.15) is 18.7 Å². The quantitative estimate of drug-likeness (QED) is 0.467. The van der Waals surface area contributed by atoms with Crippen LogP contribution in [0.3, 0.4) is 0 Å². The summed E-state index contributed by atoms with van der Waals surface area (Å²) in [5.74, 6) is -1.00. The predicted octanol–water partition coefficient (Wildman–Crippen LogP) is 3.45. The van der Waals surface area contributed by atoms with Crippen molar-refractivity contribution in [2.45, 2.75) is 24.4 Å². The van der Waals surface area contributed by atoms with E-state index in [0.29, 0.717) is 5.75 Å². The minimum atomic E-state index is -1.05. The fourth-order valence-electron chi connectivity index (χ4n) is 4.76. The number of H-pyrrole nitrogens is 1. The number of nitrogens with one attached hydrogen (secondary N) is 2. The van der Waals surface area contributed by atoms with Crippen LogP contribution in [0.15, 0.2) is 66.9 Å². The zero-order valence-electron chi connectivity index (χ0n) is 18.8. The van der Waals surface area contributed by atoms with E-state index in [1.807, 2.05) is 42.5 Å². The highest BCUT2D eigenvalue weighted by atomic mass is 32.2. The number of aromatic nitrogens is 1. The molecular weight excluding hydrogens is 466 g/mol. The van der Waals surface area contributed by atoms with E-state index >= 15 is 0 Å². The van der Waals surface area contributed by atoms with Crippen LogP contribution in [0.2, 0.25) is 0 Å². The lowest BCUT2D eigenvalue weighted by atomic mass is 9.98. The van der Waals surface area contributed by atoms with Gasteiger partial charge < -0.3 is 25.0 Å². The lowest BCUT2D eigenvalue weighted by Gasteiger charge is -2.26. The van der Waals surface area contributed by atoms with Crippen LogP contribution < -0.4 is 5.32 Å². The van der Waals surface area contributed by atoms with Crippen LogP contribution >= 0.6 is 11.8 Å². The number of amides is 2. The lowest BCUT2D eigenvalue weighted by molar-refractivity contribution is -0.148. The third-order valence-electron chi connectivity index (χ3n) is 6.47. The summed E-state index contributed by atoms with van der Waals surface area (Å²) in [6.45, 7) is 0.126. The number of aromatic amines is 1. The van der Waals surface area contributed by atoms with E-state index in [1.165, 1.54) is 16.7 Å². The average Bonchev–Trinajstić information content (AvgIpc) is 3.61. The van der Waals surface area contributed by atoms with Crippen molar-refractivity contribution in [1.29, 1.82) is 0 Å². The normalized spacial score (nSPS) is 17.5. The molecule has 35 heavy (non-hydrogen) atoms. The second-order valence-electron chi connectivity index (χ2n) is 8.58. The Labute approximate surface area is 206 Å². The number of ether oxygens (including phenoxy) is 1. The van der Waals surface area contributed by atoms with Crippen molar-refractivity contribution in [2.75, 3.05) is 18.2 Å². The molecule has 1 aromatic heterocycles. The Bertz CT molecular complexity index is 1200. The van der Waals surface area contributed by atoms with Gasteiger partial charge in [0, 0.05) is 30.0 Å². The van der Waals surface area contributed by atoms with Crippen LogP contribution in [0.25, 0.3) is 11.1 Å². The predicted molar refractivity (Wildman–Crippen MR) is 132 cm³/mol. The highest BCUT2D eigenvalue weighted by Gasteiger charge is 2.38. The Balaban J connectivity index is 1.30. The van der Waals surface area contributed by atoms with E-state index in [2.05, 4.69) is 22.4 Å². The van der Waals surface area contributed by atoms with Gasteiger partial charge in [-0.15, -0.1) is 11.8 Å². The summed E-state index contributed by atoms with van der Waals surface area (Å²) >= 11 is 1.38. The molecule has 5 rings (SSSR count). The second kappa shape index (κ2) is 9.87. The number of nitrogens with zero attached hydrogens (tertiary/aromatic N) is 1. The number of alkyl carbamates (subject to hydrolysis) is 1. The molecule has 0 saturated carbocycles. The minimum Gasteiger partial charge on any atom is -0.480 e. The molecule has 2 aliphatic rings. The number of benzene rings is 2. The highest BCUT2D eigenvalue weighted by Crippen LogP contribution is 2.44. The largest absolute Gasteiger partial charge is 0.480 e. The summed E-state index contributed by atoms with van der Waals surface area (Å²) in [7, 11) is 0. The smallest absolute Gasteiger partial charge is 0.407 e. The molecule has 2 amide bonds. The van der Waals surface area contributed by atoms with E-state index in [9.17, 15) is 19.5 Å². The number of thioether (sulfide) groups is 1. The maximum atomic E-state index is 13.3. The van der Waals surface area contributed by atoms with Gasteiger partial charge in [-0.1, -0.05) is 48.5 Å². The number of carbonyl (C=O) groups excluding carboxylic acids is 2. The molecule has 0 radical (unpaired) electrons. The molecule has 8 nitrogen and oxygen atoms in total. The first-order chi connectivity index (χ1) is 17.0. The van der Waals surface area contributed by atoms with Gasteiger partial charge in [0.15, 0.2) is 0 Å². The van der Waals surface area contributed by atoms with Gasteiger partial charge >= 0.3 is 12.1 Å². The summed E-state index contributed by atoms with van der Waals surface area (Å²) in [4.78, 5) is 42.1. The van der Waals surface area contributed by atoms with Gasteiger partial charge in [0.25, 0.3) is 0 Å². The van der Waals surface area contributed by atoms with E-state index in [4.69, 9.17) is 4.74 Å². The zero-order chi connectivity index (χ0) is 24.4. The number of carboxylic acids is 1. The van der Waals surface area contributed by atoms with Gasteiger partial charge in [0.2, 0.25) is 5.91 Å². The van der Waals surface area contributed by atoms with Crippen molar-refractivity contribution < 1.29 is 24.2 Å². The van der Waals surface area contributed by atoms with Crippen molar-refractivity contribution in [2.24, 2.45) is 0 Å². The van der Waals surface area contributed by atoms with Gasteiger partial charge in [-0.05, 0) is 34.4 Å². The molecule has 180 valence electrons. The van der Waals surface area contributed by atoms with Crippen molar-refractivity contribution in [3.63, 3.8) is 0 Å². The molecule has 1 aliphatic heterocycles. The Morgan fingerprint density at radius 1 is 1.06 bits per heavy atom. The summed E-state index contributed by atoms with van der Waals surface area (Å²) in [5, 5.41) is 12.2. The van der Waals surface area contributed by atoms with Crippen molar-refractivity contribution in [1.82, 2.24) is 15.2 Å². The monoisotopic (exact) mass is 491 g/mol. The van der Waals surface area contributed by atoms with Crippen LogP contribution in [-0.4, -0.2) is 63.3 Å². The van der Waals surface area contributed by atoms with Gasteiger partial charge in [0.05, 0.1) is 5.88 Å². The van der Waals surface area contributed by atoms with E-state index in [0.717, 1.165) is 27.9 Å². The Kier molecular flexibility index (Phi) is 6.50. The third-order valence-corrected chi connectivity index (χ3v) is 7.48. The Hall–Kier alpha value is -3.72. The lowest BCUT2D eigenvalue weighted by Crippen LogP contribution is -2.53. The standard InChI is InChI=1S/C26H25N3O5S/c30-24(29-15-35-14-23(29)25(31)32)22(12-16-6-5-11-27-16)28-26(33)34-13-21-19-9-3-1-7-17(19)18-8-2-4-10-20(18)21/h1-11,21-23,27H,12-15H2,(H,28,33)(H,31,32)/t22?,23-/m0/s1. The molecule has 2 atom stereocenters. The summed E-state index contributed by atoms with van der Waals surface area (Å²) in [5.41, 5.74) is 5.20. The fraction of sp³-hybridized carbons (Fsp3) is 0.269. The summed E-state index contributed by atoms with van der Waals surface area (Å²) in [6, 6.07) is 17.9. The van der Waals surface area contributed by atoms with Crippen LogP contribution in [0, 0.1) is 0 Å². The number of fused-ring (bicyclic) bond motifs is 3. The number of carbonyl (C=O) groups is 3. The fourth-order valence-corrected chi connectivity index (χ4v) is 5.92. The van der Waals surface area contributed by atoms with Crippen LogP contribution in [0.4, 0.5) is 4.79 Å². The van der Waals surface area contributed by atoms with Crippen molar-refractivity contribution in [3.8, 4) is 11.1 Å². The molecule has 3 aromatic rings. The number of rotatable bonds is 7. The molecule has 0 bridgehead atoms. The topological polar surface area (TPSA) is 112 Å². The van der Waals surface area contributed by atoms with E-state index in [1.54, 1.807) is 12.3 Å². The van der Waals surface area contributed by atoms with Crippen LogP contribution in [0.5, 0.6) is 0 Å². The molecule has 0 spiro atoms. The minimum absolute atomic E-state index is 0.0999. The Morgan fingerprint density at radius 3 is 2.37 bits per heavy atom. The number of hydrogen-bond donors (Lipinski definition) is 3. The molecule has 1 saturated heterocycles. The number of carboxylic acid groups (broad SMARTS) is 1. The van der Waals surface area contributed by atoms with Gasteiger partial charge in [-0.3, -0.25) is 4.79 Å². The van der Waals surface area contributed by atoms with Crippen molar-refractivity contribution >= 4 is 29.7 Å². The van der Waals surface area contributed by atoms with E-state index in [-0.39, 0.29) is 24.8 Å². The van der Waals surface area contributed by atoms with Gasteiger partial charge in [-0.2, -0.15) is 0 Å². The molecule has 1 unspecified atom stereocenters. The molecular formula is C26H25N3O5S. The zero-order valence-corrected chi connectivity index (χ0v) is 19.7. The summed E-state index contributed by atoms with van der Waals surface area (Å²) < 4.78 is 5.62. The molecule has 9 heteroatoms.